The van der Waals surface area contributed by atoms with Crippen molar-refractivity contribution >= 4 is 29.0 Å². The SMILES string of the molecule is O=C(/C=C/c1ccccc1[N+](=O)[O-])Nc1ccc(NC2CCCCC2)cc1. The Kier molecular flexibility index (Phi) is 6.20. The molecule has 1 fully saturated rings. The zero-order chi connectivity index (χ0) is 19.1. The Morgan fingerprint density at radius 2 is 1.67 bits per heavy atom. The van der Waals surface area contributed by atoms with Crippen molar-refractivity contribution in [2.45, 2.75) is 38.1 Å². The van der Waals surface area contributed by atoms with Crippen molar-refractivity contribution in [3.63, 3.8) is 0 Å². The first-order chi connectivity index (χ1) is 13.1. The van der Waals surface area contributed by atoms with Crippen molar-refractivity contribution in [3.05, 3.63) is 70.3 Å². The maximum absolute atomic E-state index is 12.1. The minimum atomic E-state index is -0.463. The Balaban J connectivity index is 1.57. The van der Waals surface area contributed by atoms with E-state index in [4.69, 9.17) is 0 Å². The second-order valence-electron chi connectivity index (χ2n) is 6.70. The molecule has 27 heavy (non-hydrogen) atoms. The quantitative estimate of drug-likeness (QED) is 0.429. The molecule has 2 aromatic rings. The third-order valence-electron chi connectivity index (χ3n) is 4.68. The highest BCUT2D eigenvalue weighted by Gasteiger charge is 2.13. The number of nitro benzene ring substituents is 1. The molecule has 0 saturated heterocycles. The number of benzene rings is 2. The summed E-state index contributed by atoms with van der Waals surface area (Å²) in [5.41, 5.74) is 2.10. The Morgan fingerprint density at radius 3 is 2.37 bits per heavy atom. The molecule has 140 valence electrons. The summed E-state index contributed by atoms with van der Waals surface area (Å²) in [5, 5.41) is 17.3. The number of anilines is 2. The molecular weight excluding hydrogens is 342 g/mol. The number of hydrogen-bond donors (Lipinski definition) is 2. The lowest BCUT2D eigenvalue weighted by Gasteiger charge is -2.23. The van der Waals surface area contributed by atoms with E-state index in [2.05, 4.69) is 10.6 Å². The molecular formula is C21H23N3O3. The molecule has 6 nitrogen and oxygen atoms in total. The third kappa shape index (κ3) is 5.41. The molecule has 6 heteroatoms. The van der Waals surface area contributed by atoms with Gasteiger partial charge in [-0.3, -0.25) is 14.9 Å². The van der Waals surface area contributed by atoms with Crippen LogP contribution in [0.4, 0.5) is 17.1 Å². The fraction of sp³-hybridized carbons (Fsp3) is 0.286. The highest BCUT2D eigenvalue weighted by Crippen LogP contribution is 2.23. The minimum absolute atomic E-state index is 0.0281. The van der Waals surface area contributed by atoms with Gasteiger partial charge in [0.15, 0.2) is 0 Å². The number of carbonyl (C=O) groups excluding carboxylic acids is 1. The largest absolute Gasteiger partial charge is 0.382 e. The van der Waals surface area contributed by atoms with E-state index < -0.39 is 4.92 Å². The molecule has 0 unspecified atom stereocenters. The lowest BCUT2D eigenvalue weighted by atomic mass is 9.95. The first-order valence-electron chi connectivity index (χ1n) is 9.21. The Morgan fingerprint density at radius 1 is 1.00 bits per heavy atom. The van der Waals surface area contributed by atoms with Gasteiger partial charge in [-0.15, -0.1) is 0 Å². The predicted molar refractivity (Wildman–Crippen MR) is 108 cm³/mol. The molecule has 2 aromatic carbocycles. The van der Waals surface area contributed by atoms with E-state index in [-0.39, 0.29) is 11.6 Å². The van der Waals surface area contributed by atoms with Gasteiger partial charge in [0.2, 0.25) is 5.91 Å². The smallest absolute Gasteiger partial charge is 0.276 e. The van der Waals surface area contributed by atoms with Gasteiger partial charge >= 0.3 is 0 Å². The van der Waals surface area contributed by atoms with Crippen LogP contribution in [0.25, 0.3) is 6.08 Å². The molecule has 0 radical (unpaired) electrons. The van der Waals surface area contributed by atoms with Crippen molar-refractivity contribution in [2.75, 3.05) is 10.6 Å². The molecule has 1 aliphatic rings. The topological polar surface area (TPSA) is 84.3 Å². The molecule has 1 saturated carbocycles. The molecule has 0 atom stereocenters. The summed E-state index contributed by atoms with van der Waals surface area (Å²) in [5.74, 6) is -0.332. The van der Waals surface area contributed by atoms with Gasteiger partial charge in [-0.1, -0.05) is 31.4 Å². The van der Waals surface area contributed by atoms with Crippen molar-refractivity contribution in [3.8, 4) is 0 Å². The summed E-state index contributed by atoms with van der Waals surface area (Å²) in [6.07, 6.45) is 9.03. The standard InChI is InChI=1S/C21H23N3O3/c25-21(15-10-16-6-4-5-9-20(16)24(26)27)23-19-13-11-18(12-14-19)22-17-7-2-1-3-8-17/h4-6,9-15,17,22H,1-3,7-8H2,(H,23,25)/b15-10+. The number of carbonyl (C=O) groups is 1. The second kappa shape index (κ2) is 8.98. The van der Waals surface area contributed by atoms with E-state index in [0.717, 1.165) is 5.69 Å². The van der Waals surface area contributed by atoms with E-state index in [1.807, 2.05) is 24.3 Å². The summed E-state index contributed by atoms with van der Waals surface area (Å²) in [6.45, 7) is 0. The number of nitrogens with zero attached hydrogens (tertiary/aromatic N) is 1. The molecule has 0 heterocycles. The monoisotopic (exact) mass is 365 g/mol. The highest BCUT2D eigenvalue weighted by molar-refractivity contribution is 6.02. The first kappa shape index (κ1) is 18.6. The average molecular weight is 365 g/mol. The van der Waals surface area contributed by atoms with E-state index in [1.165, 1.54) is 50.3 Å². The van der Waals surface area contributed by atoms with Gasteiger partial charge in [-0.25, -0.2) is 0 Å². The lowest BCUT2D eigenvalue weighted by molar-refractivity contribution is -0.385. The highest BCUT2D eigenvalue weighted by atomic mass is 16.6. The number of amides is 1. The van der Waals surface area contributed by atoms with Crippen LogP contribution in [0.3, 0.4) is 0 Å². The van der Waals surface area contributed by atoms with Crippen molar-refractivity contribution in [1.82, 2.24) is 0 Å². The van der Waals surface area contributed by atoms with Gasteiger partial charge in [0.05, 0.1) is 10.5 Å². The van der Waals surface area contributed by atoms with Crippen LogP contribution in [-0.4, -0.2) is 16.9 Å². The fourth-order valence-electron chi connectivity index (χ4n) is 3.28. The van der Waals surface area contributed by atoms with Gasteiger partial charge in [-0.2, -0.15) is 0 Å². The summed E-state index contributed by atoms with van der Waals surface area (Å²) in [6, 6.07) is 14.4. The normalized spacial score (nSPS) is 14.8. The summed E-state index contributed by atoms with van der Waals surface area (Å²) < 4.78 is 0. The van der Waals surface area contributed by atoms with E-state index in [9.17, 15) is 14.9 Å². The predicted octanol–water partition coefficient (Wildman–Crippen LogP) is 4.99. The fourth-order valence-corrected chi connectivity index (χ4v) is 3.28. The summed E-state index contributed by atoms with van der Waals surface area (Å²) >= 11 is 0. The molecule has 0 bridgehead atoms. The van der Waals surface area contributed by atoms with Gasteiger partial charge in [-0.05, 0) is 49.2 Å². The molecule has 2 N–H and O–H groups in total. The van der Waals surface area contributed by atoms with Crippen molar-refractivity contribution < 1.29 is 9.72 Å². The van der Waals surface area contributed by atoms with Crippen LogP contribution in [0.15, 0.2) is 54.6 Å². The van der Waals surface area contributed by atoms with E-state index in [0.29, 0.717) is 17.3 Å². The number of para-hydroxylation sites is 1. The summed E-state index contributed by atoms with van der Waals surface area (Å²) in [4.78, 5) is 22.6. The number of hydrogen-bond acceptors (Lipinski definition) is 4. The zero-order valence-electron chi connectivity index (χ0n) is 15.1. The van der Waals surface area contributed by atoms with Gasteiger partial charge < -0.3 is 10.6 Å². The van der Waals surface area contributed by atoms with Crippen molar-refractivity contribution in [2.24, 2.45) is 0 Å². The molecule has 0 aliphatic heterocycles. The van der Waals surface area contributed by atoms with Gasteiger partial charge in [0.25, 0.3) is 5.69 Å². The van der Waals surface area contributed by atoms with E-state index in [1.54, 1.807) is 18.2 Å². The van der Waals surface area contributed by atoms with Crippen LogP contribution in [-0.2, 0) is 4.79 Å². The first-order valence-corrected chi connectivity index (χ1v) is 9.21. The van der Waals surface area contributed by atoms with Crippen LogP contribution >= 0.6 is 0 Å². The van der Waals surface area contributed by atoms with Crippen LogP contribution in [0.5, 0.6) is 0 Å². The minimum Gasteiger partial charge on any atom is -0.382 e. The van der Waals surface area contributed by atoms with Crippen LogP contribution < -0.4 is 10.6 Å². The third-order valence-corrected chi connectivity index (χ3v) is 4.68. The number of nitro groups is 1. The number of nitrogens with one attached hydrogen (secondary N) is 2. The molecule has 3 rings (SSSR count). The van der Waals surface area contributed by atoms with E-state index >= 15 is 0 Å². The van der Waals surface area contributed by atoms with Crippen LogP contribution in [0.2, 0.25) is 0 Å². The molecule has 1 aliphatic carbocycles. The summed E-state index contributed by atoms with van der Waals surface area (Å²) in [7, 11) is 0. The maximum atomic E-state index is 12.1. The Hall–Kier alpha value is -3.15. The maximum Gasteiger partial charge on any atom is 0.276 e. The molecule has 1 amide bonds. The second-order valence-corrected chi connectivity index (χ2v) is 6.70. The van der Waals surface area contributed by atoms with Crippen molar-refractivity contribution in [1.29, 1.82) is 0 Å². The Labute approximate surface area is 158 Å². The average Bonchev–Trinajstić information content (AvgIpc) is 2.69. The Bertz CT molecular complexity index is 825. The number of rotatable bonds is 6. The molecule has 0 spiro atoms. The molecule has 0 aromatic heterocycles. The lowest BCUT2D eigenvalue weighted by Crippen LogP contribution is -2.22. The van der Waals surface area contributed by atoms with Crippen LogP contribution in [0, 0.1) is 10.1 Å². The van der Waals surface area contributed by atoms with Gasteiger partial charge in [0, 0.05) is 29.6 Å². The van der Waals surface area contributed by atoms with Gasteiger partial charge in [0.1, 0.15) is 0 Å². The zero-order valence-corrected chi connectivity index (χ0v) is 15.1. The van der Waals surface area contributed by atoms with Crippen LogP contribution in [0.1, 0.15) is 37.7 Å².